The maximum absolute atomic E-state index is 12.5. The number of aromatic nitrogens is 1. The molecule has 10 heteroatoms. The molecule has 5 nitrogen and oxygen atoms in total. The van der Waals surface area contributed by atoms with Crippen molar-refractivity contribution in [2.45, 2.75) is 16.8 Å². The zero-order valence-corrected chi connectivity index (χ0v) is 15.3. The molecular weight excluding hydrogens is 401 g/mol. The monoisotopic (exact) mass is 414 g/mol. The molecule has 0 bridgehead atoms. The average Bonchev–Trinajstić information content (AvgIpc) is 3.03. The minimum atomic E-state index is -5.42. The van der Waals surface area contributed by atoms with Crippen LogP contribution in [0, 0.1) is 0 Å². The van der Waals surface area contributed by atoms with Gasteiger partial charge in [-0.2, -0.15) is 13.2 Å². The summed E-state index contributed by atoms with van der Waals surface area (Å²) in [6, 6.07) is 11.3. The lowest BCUT2D eigenvalue weighted by Crippen LogP contribution is -2.26. The number of benzene rings is 2. The summed E-state index contributed by atoms with van der Waals surface area (Å²) >= 11 is 1.52. The summed E-state index contributed by atoms with van der Waals surface area (Å²) in [4.78, 5) is 15.6. The molecule has 0 aliphatic heterocycles. The Balaban J connectivity index is 1.61. The minimum absolute atomic E-state index is 0.0698. The number of alkyl halides is 3. The Labute approximate surface area is 156 Å². The van der Waals surface area contributed by atoms with Gasteiger partial charge >= 0.3 is 5.51 Å². The molecule has 3 aromatic rings. The van der Waals surface area contributed by atoms with E-state index in [0.717, 1.165) is 39.5 Å². The van der Waals surface area contributed by atoms with Crippen molar-refractivity contribution >= 4 is 37.3 Å². The van der Waals surface area contributed by atoms with Crippen LogP contribution in [0.4, 0.5) is 13.2 Å². The number of para-hydroxylation sites is 1. The standard InChI is InChI=1S/C17H13F3N2O3S2/c18-17(19,20)27(24,25)12-7-5-11(6-8-12)16(23)21-10-9-15-22-13-3-1-2-4-14(13)26-15/h1-8H,9-10H2,(H,21,23). The molecule has 142 valence electrons. The summed E-state index contributed by atoms with van der Waals surface area (Å²) in [6.07, 6.45) is 0.506. The Bertz CT molecular complexity index is 1040. The quantitative estimate of drug-likeness (QED) is 0.693. The van der Waals surface area contributed by atoms with Crippen molar-refractivity contribution in [3.63, 3.8) is 0 Å². The molecule has 1 N–H and O–H groups in total. The SMILES string of the molecule is O=C(NCCc1nc2ccccc2s1)c1ccc(S(=O)(=O)C(F)(F)F)cc1. The third-order valence-electron chi connectivity index (χ3n) is 3.69. The first-order valence-corrected chi connectivity index (χ1v) is 10.0. The number of hydrogen-bond acceptors (Lipinski definition) is 5. The Morgan fingerprint density at radius 2 is 1.74 bits per heavy atom. The fraction of sp³-hybridized carbons (Fsp3) is 0.176. The minimum Gasteiger partial charge on any atom is -0.352 e. The zero-order chi connectivity index (χ0) is 19.7. The summed E-state index contributed by atoms with van der Waals surface area (Å²) < 4.78 is 61.2. The van der Waals surface area contributed by atoms with Crippen LogP contribution in [0.3, 0.4) is 0 Å². The molecule has 1 aromatic heterocycles. The van der Waals surface area contributed by atoms with Gasteiger partial charge in [0.05, 0.1) is 20.1 Å². The van der Waals surface area contributed by atoms with E-state index >= 15 is 0 Å². The van der Waals surface area contributed by atoms with Crippen LogP contribution in [0.2, 0.25) is 0 Å². The lowest BCUT2D eigenvalue weighted by Gasteiger charge is -2.09. The van der Waals surface area contributed by atoms with Gasteiger partial charge in [-0.3, -0.25) is 4.79 Å². The predicted octanol–water partition coefficient (Wildman–Crippen LogP) is 3.56. The van der Waals surface area contributed by atoms with Crippen molar-refractivity contribution in [1.29, 1.82) is 0 Å². The van der Waals surface area contributed by atoms with E-state index < -0.39 is 26.1 Å². The van der Waals surface area contributed by atoms with Crippen LogP contribution in [0.15, 0.2) is 53.4 Å². The van der Waals surface area contributed by atoms with Crippen molar-refractivity contribution in [3.05, 3.63) is 59.1 Å². The Hall–Kier alpha value is -2.46. The number of carbonyl (C=O) groups excluding carboxylic acids is 1. The van der Waals surface area contributed by atoms with E-state index in [-0.39, 0.29) is 5.56 Å². The van der Waals surface area contributed by atoms with E-state index in [4.69, 9.17) is 0 Å². The van der Waals surface area contributed by atoms with Crippen molar-refractivity contribution in [2.75, 3.05) is 6.54 Å². The number of carbonyl (C=O) groups is 1. The molecule has 1 heterocycles. The zero-order valence-electron chi connectivity index (χ0n) is 13.7. The fourth-order valence-corrected chi connectivity index (χ4v) is 4.06. The van der Waals surface area contributed by atoms with Gasteiger partial charge in [0.15, 0.2) is 0 Å². The summed E-state index contributed by atoms with van der Waals surface area (Å²) in [5.41, 5.74) is -4.43. The summed E-state index contributed by atoms with van der Waals surface area (Å²) in [5.74, 6) is -0.507. The Morgan fingerprint density at radius 3 is 2.37 bits per heavy atom. The number of nitrogens with one attached hydrogen (secondary N) is 1. The van der Waals surface area contributed by atoms with Gasteiger partial charge in [0, 0.05) is 18.5 Å². The molecule has 0 spiro atoms. The molecular formula is C17H13F3N2O3S2. The van der Waals surface area contributed by atoms with Crippen LogP contribution < -0.4 is 5.32 Å². The second-order valence-corrected chi connectivity index (χ2v) is 8.61. The molecule has 2 aromatic carbocycles. The summed E-state index contributed by atoms with van der Waals surface area (Å²) in [7, 11) is -5.42. The number of fused-ring (bicyclic) bond motifs is 1. The van der Waals surface area contributed by atoms with E-state index in [1.165, 1.54) is 11.3 Å². The van der Waals surface area contributed by atoms with Gasteiger partial charge in [0.25, 0.3) is 15.7 Å². The van der Waals surface area contributed by atoms with Crippen LogP contribution >= 0.6 is 11.3 Å². The molecule has 0 saturated carbocycles. The van der Waals surface area contributed by atoms with Crippen molar-refractivity contribution in [2.24, 2.45) is 0 Å². The van der Waals surface area contributed by atoms with Crippen molar-refractivity contribution < 1.29 is 26.4 Å². The van der Waals surface area contributed by atoms with Crippen LogP contribution in [-0.4, -0.2) is 31.4 Å². The van der Waals surface area contributed by atoms with E-state index in [9.17, 15) is 26.4 Å². The third kappa shape index (κ3) is 4.11. The first kappa shape index (κ1) is 19.3. The molecule has 0 saturated heterocycles. The second-order valence-electron chi connectivity index (χ2n) is 5.55. The van der Waals surface area contributed by atoms with Gasteiger partial charge in [0.1, 0.15) is 0 Å². The molecule has 0 atom stereocenters. The molecule has 3 rings (SSSR count). The molecule has 0 radical (unpaired) electrons. The number of rotatable bonds is 5. The first-order chi connectivity index (χ1) is 12.7. The fourth-order valence-electron chi connectivity index (χ4n) is 2.33. The largest absolute Gasteiger partial charge is 0.501 e. The average molecular weight is 414 g/mol. The number of hydrogen-bond donors (Lipinski definition) is 1. The Kier molecular flexibility index (Phi) is 5.20. The number of halogens is 3. The van der Waals surface area contributed by atoms with E-state index in [2.05, 4.69) is 10.3 Å². The number of nitrogens with zero attached hydrogens (tertiary/aromatic N) is 1. The molecule has 27 heavy (non-hydrogen) atoms. The second kappa shape index (κ2) is 7.28. The van der Waals surface area contributed by atoms with Crippen LogP contribution in [0.25, 0.3) is 10.2 Å². The molecule has 0 aliphatic carbocycles. The highest BCUT2D eigenvalue weighted by molar-refractivity contribution is 7.92. The van der Waals surface area contributed by atoms with Gasteiger partial charge in [-0.15, -0.1) is 11.3 Å². The van der Waals surface area contributed by atoms with Crippen LogP contribution in [0.1, 0.15) is 15.4 Å². The number of thiazole rings is 1. The van der Waals surface area contributed by atoms with E-state index in [0.29, 0.717) is 13.0 Å². The smallest absolute Gasteiger partial charge is 0.352 e. The predicted molar refractivity (Wildman–Crippen MR) is 95.3 cm³/mol. The lowest BCUT2D eigenvalue weighted by molar-refractivity contribution is -0.0436. The molecule has 0 unspecified atom stereocenters. The van der Waals surface area contributed by atoms with Gasteiger partial charge < -0.3 is 5.32 Å². The van der Waals surface area contributed by atoms with Crippen molar-refractivity contribution in [3.8, 4) is 0 Å². The summed E-state index contributed by atoms with van der Waals surface area (Å²) in [5, 5.41) is 3.49. The summed E-state index contributed by atoms with van der Waals surface area (Å²) in [6.45, 7) is 0.293. The van der Waals surface area contributed by atoms with Crippen LogP contribution in [0.5, 0.6) is 0 Å². The first-order valence-electron chi connectivity index (χ1n) is 7.72. The highest BCUT2D eigenvalue weighted by Crippen LogP contribution is 2.30. The van der Waals surface area contributed by atoms with E-state index in [1.807, 2.05) is 24.3 Å². The highest BCUT2D eigenvalue weighted by atomic mass is 32.2. The van der Waals surface area contributed by atoms with Gasteiger partial charge in [0.2, 0.25) is 0 Å². The van der Waals surface area contributed by atoms with Gasteiger partial charge in [-0.1, -0.05) is 12.1 Å². The van der Waals surface area contributed by atoms with Gasteiger partial charge in [-0.25, -0.2) is 13.4 Å². The number of sulfone groups is 1. The number of amides is 1. The normalized spacial score (nSPS) is 12.3. The lowest BCUT2D eigenvalue weighted by atomic mass is 10.2. The maximum atomic E-state index is 12.5. The Morgan fingerprint density at radius 1 is 1.07 bits per heavy atom. The molecule has 1 amide bonds. The molecule has 0 aliphatic rings. The maximum Gasteiger partial charge on any atom is 0.501 e. The van der Waals surface area contributed by atoms with Crippen molar-refractivity contribution in [1.82, 2.24) is 10.3 Å². The van der Waals surface area contributed by atoms with Gasteiger partial charge in [-0.05, 0) is 36.4 Å². The van der Waals surface area contributed by atoms with Crippen LogP contribution in [-0.2, 0) is 16.3 Å². The van der Waals surface area contributed by atoms with E-state index in [1.54, 1.807) is 0 Å². The molecule has 0 fully saturated rings. The highest BCUT2D eigenvalue weighted by Gasteiger charge is 2.46. The third-order valence-corrected chi connectivity index (χ3v) is 6.29. The topological polar surface area (TPSA) is 76.1 Å².